The van der Waals surface area contributed by atoms with Gasteiger partial charge in [-0.1, -0.05) is 0 Å². The summed E-state index contributed by atoms with van der Waals surface area (Å²) in [7, 11) is 0. The molecule has 0 unspecified atom stereocenters. The minimum atomic E-state index is 0.741. The number of rotatable bonds is 0. The zero-order chi connectivity index (χ0) is 5.40. The molecular formula is C5H3N3. The summed E-state index contributed by atoms with van der Waals surface area (Å²) in [5.74, 6) is 0.741. The van der Waals surface area contributed by atoms with Crippen LogP contribution in [-0.2, 0) is 0 Å². The highest BCUT2D eigenvalue weighted by atomic mass is 15.1. The lowest BCUT2D eigenvalue weighted by Crippen LogP contribution is -1.84. The van der Waals surface area contributed by atoms with Crippen LogP contribution in [0.2, 0.25) is 0 Å². The molecule has 8 heavy (non-hydrogen) atoms. The van der Waals surface area contributed by atoms with Gasteiger partial charge >= 0.3 is 0 Å². The highest BCUT2D eigenvalue weighted by Crippen LogP contribution is 2.09. The average molecular weight is 105 g/mol. The van der Waals surface area contributed by atoms with Gasteiger partial charge in [0.05, 0.1) is 0 Å². The van der Waals surface area contributed by atoms with Gasteiger partial charge in [0, 0.05) is 6.21 Å². The lowest BCUT2D eigenvalue weighted by atomic mass is 10.4. The van der Waals surface area contributed by atoms with E-state index in [0.29, 0.717) is 0 Å². The summed E-state index contributed by atoms with van der Waals surface area (Å²) in [6.45, 7) is 0. The molecule has 0 aromatic carbocycles. The molecular weight excluding hydrogens is 102 g/mol. The fourth-order valence-electron chi connectivity index (χ4n) is 0.665. The van der Waals surface area contributed by atoms with Crippen LogP contribution < -0.4 is 0 Å². The smallest absolute Gasteiger partial charge is 0.179 e. The third-order valence-corrected chi connectivity index (χ3v) is 1.04. The highest BCUT2D eigenvalue weighted by molar-refractivity contribution is 6.15. The van der Waals surface area contributed by atoms with E-state index in [9.17, 15) is 0 Å². The van der Waals surface area contributed by atoms with E-state index in [0.717, 1.165) is 11.5 Å². The van der Waals surface area contributed by atoms with Crippen molar-refractivity contribution < 1.29 is 0 Å². The fourth-order valence-corrected chi connectivity index (χ4v) is 0.665. The predicted molar refractivity (Wildman–Crippen MR) is 32.5 cm³/mol. The number of allylic oxidation sites excluding steroid dienone is 1. The maximum atomic E-state index is 3.91. The Balaban J connectivity index is 2.59. The van der Waals surface area contributed by atoms with Crippen molar-refractivity contribution in [2.24, 2.45) is 15.0 Å². The molecule has 0 N–H and O–H groups in total. The second kappa shape index (κ2) is 1.12. The minimum Gasteiger partial charge on any atom is -0.235 e. The predicted octanol–water partition coefficient (Wildman–Crippen LogP) is 0.395. The second-order valence-electron chi connectivity index (χ2n) is 1.53. The first-order valence-electron chi connectivity index (χ1n) is 2.32. The van der Waals surface area contributed by atoms with E-state index in [1.807, 2.05) is 6.08 Å². The Labute approximate surface area is 46.2 Å². The monoisotopic (exact) mass is 105 g/mol. The second-order valence-corrected chi connectivity index (χ2v) is 1.53. The maximum absolute atomic E-state index is 3.91. The summed E-state index contributed by atoms with van der Waals surface area (Å²) < 4.78 is 0. The van der Waals surface area contributed by atoms with Crippen molar-refractivity contribution in [2.75, 3.05) is 0 Å². The number of hydrogen-bond acceptors (Lipinski definition) is 3. The van der Waals surface area contributed by atoms with Crippen molar-refractivity contribution in [1.82, 2.24) is 0 Å². The van der Waals surface area contributed by atoms with Gasteiger partial charge in [-0.15, -0.1) is 0 Å². The molecule has 0 spiro atoms. The summed E-state index contributed by atoms with van der Waals surface area (Å²) in [4.78, 5) is 11.7. The van der Waals surface area contributed by atoms with E-state index in [2.05, 4.69) is 15.0 Å². The molecule has 2 aliphatic heterocycles. The Bertz CT molecular complexity index is 206. The Hall–Kier alpha value is -1.25. The molecule has 38 valence electrons. The largest absolute Gasteiger partial charge is 0.235 e. The molecule has 0 saturated carbocycles. The van der Waals surface area contributed by atoms with Crippen molar-refractivity contribution in [3.63, 3.8) is 0 Å². The van der Waals surface area contributed by atoms with Crippen molar-refractivity contribution in [1.29, 1.82) is 0 Å². The number of fused-ring (bicyclic) bond motifs is 1. The molecule has 0 bridgehead atoms. The first-order chi connectivity index (χ1) is 3.97. The zero-order valence-electron chi connectivity index (χ0n) is 4.07. The van der Waals surface area contributed by atoms with Crippen LogP contribution in [0.1, 0.15) is 0 Å². The lowest BCUT2D eigenvalue weighted by Gasteiger charge is -1.79. The molecule has 0 amide bonds. The van der Waals surface area contributed by atoms with Gasteiger partial charge < -0.3 is 0 Å². The summed E-state index contributed by atoms with van der Waals surface area (Å²) >= 11 is 0. The zero-order valence-corrected chi connectivity index (χ0v) is 4.07. The van der Waals surface area contributed by atoms with Gasteiger partial charge in [0.2, 0.25) is 0 Å². The Morgan fingerprint density at radius 2 is 2.25 bits per heavy atom. The van der Waals surface area contributed by atoms with Crippen molar-refractivity contribution in [3.8, 4) is 0 Å². The van der Waals surface area contributed by atoms with E-state index in [4.69, 9.17) is 0 Å². The van der Waals surface area contributed by atoms with Crippen LogP contribution >= 0.6 is 0 Å². The van der Waals surface area contributed by atoms with Gasteiger partial charge in [0.15, 0.2) is 5.84 Å². The molecule has 2 aliphatic rings. The summed E-state index contributed by atoms with van der Waals surface area (Å²) in [5, 5.41) is 0. The molecule has 2 rings (SSSR count). The topological polar surface area (TPSA) is 37.1 Å². The van der Waals surface area contributed by atoms with Crippen LogP contribution in [0.5, 0.6) is 0 Å². The van der Waals surface area contributed by atoms with E-state index in [-0.39, 0.29) is 0 Å². The summed E-state index contributed by atoms with van der Waals surface area (Å²) in [5.41, 5.74) is 0.880. The van der Waals surface area contributed by atoms with Gasteiger partial charge in [0.1, 0.15) is 12.0 Å². The van der Waals surface area contributed by atoms with Crippen LogP contribution in [0.3, 0.4) is 0 Å². The van der Waals surface area contributed by atoms with Gasteiger partial charge in [-0.2, -0.15) is 0 Å². The summed E-state index contributed by atoms with van der Waals surface area (Å²) in [6, 6.07) is 0. The van der Waals surface area contributed by atoms with Crippen LogP contribution in [0.4, 0.5) is 0 Å². The number of aliphatic imine (C=N–C) groups is 3. The first-order valence-corrected chi connectivity index (χ1v) is 2.32. The average Bonchev–Trinajstić information content (AvgIpc) is 2.15. The third-order valence-electron chi connectivity index (χ3n) is 1.04. The molecule has 0 aromatic heterocycles. The van der Waals surface area contributed by atoms with E-state index < -0.39 is 0 Å². The maximum Gasteiger partial charge on any atom is 0.179 e. The van der Waals surface area contributed by atoms with E-state index >= 15 is 0 Å². The molecule has 0 saturated heterocycles. The van der Waals surface area contributed by atoms with Crippen LogP contribution in [0.25, 0.3) is 0 Å². The van der Waals surface area contributed by atoms with Crippen molar-refractivity contribution in [2.45, 2.75) is 0 Å². The minimum absolute atomic E-state index is 0.741. The van der Waals surface area contributed by atoms with Crippen molar-refractivity contribution >= 4 is 18.4 Å². The first kappa shape index (κ1) is 3.72. The van der Waals surface area contributed by atoms with Crippen LogP contribution in [-0.4, -0.2) is 18.4 Å². The van der Waals surface area contributed by atoms with Gasteiger partial charge in [0.25, 0.3) is 0 Å². The summed E-state index contributed by atoms with van der Waals surface area (Å²) in [6.07, 6.45) is 5.05. The standard InChI is InChI=1S/C5H3N3/c1-2-6-5-4(1)7-3-8-5/h1-3H. The van der Waals surface area contributed by atoms with E-state index in [1.54, 1.807) is 6.21 Å². The quantitative estimate of drug-likeness (QED) is 0.427. The lowest BCUT2D eigenvalue weighted by molar-refractivity contribution is 1.52. The third kappa shape index (κ3) is 0.307. The molecule has 0 aliphatic carbocycles. The van der Waals surface area contributed by atoms with Gasteiger partial charge in [-0.05, 0) is 6.08 Å². The number of nitrogens with zero attached hydrogens (tertiary/aromatic N) is 3. The number of hydrogen-bond donors (Lipinski definition) is 0. The van der Waals surface area contributed by atoms with Gasteiger partial charge in [-0.25, -0.2) is 15.0 Å². The molecule has 0 radical (unpaired) electrons. The van der Waals surface area contributed by atoms with Crippen LogP contribution in [0, 0.1) is 0 Å². The van der Waals surface area contributed by atoms with Crippen molar-refractivity contribution in [3.05, 3.63) is 11.8 Å². The molecule has 3 heteroatoms. The van der Waals surface area contributed by atoms with E-state index in [1.165, 1.54) is 6.34 Å². The fraction of sp³-hybridized carbons (Fsp3) is 0. The highest BCUT2D eigenvalue weighted by Gasteiger charge is 2.10. The molecule has 2 heterocycles. The number of amidine groups is 1. The van der Waals surface area contributed by atoms with Gasteiger partial charge in [-0.3, -0.25) is 0 Å². The molecule has 0 fully saturated rings. The Kier molecular flexibility index (Phi) is 0.521. The Morgan fingerprint density at radius 3 is 3.12 bits per heavy atom. The Morgan fingerprint density at radius 1 is 1.25 bits per heavy atom. The normalized spacial score (nSPS) is 21.0. The molecule has 0 aromatic rings. The van der Waals surface area contributed by atoms with Crippen LogP contribution in [0.15, 0.2) is 26.8 Å². The SMILES string of the molecule is C1=NC2=CC=NC2=N1. The molecule has 3 nitrogen and oxygen atoms in total. The molecule has 0 atom stereocenters.